The second-order valence-corrected chi connectivity index (χ2v) is 9.26. The molecule has 1 saturated carbocycles. The van der Waals surface area contributed by atoms with Crippen molar-refractivity contribution >= 4 is 15.7 Å². The predicted molar refractivity (Wildman–Crippen MR) is 91.1 cm³/mol. The van der Waals surface area contributed by atoms with E-state index in [1.807, 2.05) is 12.1 Å². The molecule has 1 aromatic rings. The summed E-state index contributed by atoms with van der Waals surface area (Å²) in [4.78, 5) is 13.1. The number of hydrogen-bond donors (Lipinski definition) is 1. The third kappa shape index (κ3) is 3.30. The van der Waals surface area contributed by atoms with Crippen molar-refractivity contribution in [3.8, 4) is 0 Å². The van der Waals surface area contributed by atoms with Crippen LogP contribution in [-0.2, 0) is 20.0 Å². The summed E-state index contributed by atoms with van der Waals surface area (Å²) in [6.45, 7) is 2.05. The van der Waals surface area contributed by atoms with Crippen LogP contribution in [0.2, 0.25) is 0 Å². The van der Waals surface area contributed by atoms with Crippen molar-refractivity contribution in [2.24, 2.45) is 0 Å². The second kappa shape index (κ2) is 6.27. The van der Waals surface area contributed by atoms with Crippen LogP contribution in [0.5, 0.6) is 0 Å². The molecule has 1 N–H and O–H groups in total. The summed E-state index contributed by atoms with van der Waals surface area (Å²) in [6.07, 6.45) is 5.50. The standard InChI is InChI=1S/C18H25NO3S/c1-14-7-3-4-8-16(14)18(10-5-2-6-11-18)17(20)19-15-9-12-23(21,22)13-15/h3-4,7-8,15H,2,5-6,9-13H2,1H3,(H,19,20)/t15-/m0/s1. The van der Waals surface area contributed by atoms with E-state index in [1.54, 1.807) is 0 Å². The molecular weight excluding hydrogens is 310 g/mol. The lowest BCUT2D eigenvalue weighted by Crippen LogP contribution is -2.50. The third-order valence-electron chi connectivity index (χ3n) is 5.37. The summed E-state index contributed by atoms with van der Waals surface area (Å²) >= 11 is 0. The van der Waals surface area contributed by atoms with Gasteiger partial charge in [-0.05, 0) is 37.3 Å². The third-order valence-corrected chi connectivity index (χ3v) is 7.14. The van der Waals surface area contributed by atoms with Crippen molar-refractivity contribution < 1.29 is 13.2 Å². The van der Waals surface area contributed by atoms with Crippen LogP contribution >= 0.6 is 0 Å². The fraction of sp³-hybridized carbons (Fsp3) is 0.611. The number of hydrogen-bond acceptors (Lipinski definition) is 3. The highest BCUT2D eigenvalue weighted by Crippen LogP contribution is 2.41. The van der Waals surface area contributed by atoms with Crippen molar-refractivity contribution in [3.63, 3.8) is 0 Å². The van der Waals surface area contributed by atoms with Crippen LogP contribution in [0.4, 0.5) is 0 Å². The molecule has 3 rings (SSSR count). The lowest BCUT2D eigenvalue weighted by atomic mass is 9.67. The Morgan fingerprint density at radius 2 is 1.87 bits per heavy atom. The van der Waals surface area contributed by atoms with Crippen LogP contribution in [-0.4, -0.2) is 31.9 Å². The summed E-state index contributed by atoms with van der Waals surface area (Å²) in [5, 5.41) is 3.05. The summed E-state index contributed by atoms with van der Waals surface area (Å²) in [7, 11) is -2.98. The fourth-order valence-corrected chi connectivity index (χ4v) is 5.79. The lowest BCUT2D eigenvalue weighted by molar-refractivity contribution is -0.128. The zero-order valence-corrected chi connectivity index (χ0v) is 14.5. The topological polar surface area (TPSA) is 63.2 Å². The summed E-state index contributed by atoms with van der Waals surface area (Å²) in [6, 6.07) is 7.88. The van der Waals surface area contributed by atoms with E-state index < -0.39 is 15.3 Å². The van der Waals surface area contributed by atoms with E-state index in [4.69, 9.17) is 0 Å². The molecule has 1 aliphatic carbocycles. The summed E-state index contributed by atoms with van der Waals surface area (Å²) < 4.78 is 23.3. The molecule has 0 unspecified atom stereocenters. The molecule has 0 bridgehead atoms. The number of carbonyl (C=O) groups is 1. The SMILES string of the molecule is Cc1ccccc1C1(C(=O)N[C@H]2CCS(=O)(=O)C2)CCCCC1. The van der Waals surface area contributed by atoms with E-state index in [0.717, 1.165) is 36.8 Å². The number of sulfone groups is 1. The Labute approximate surface area is 138 Å². The van der Waals surface area contributed by atoms with Gasteiger partial charge in [-0.15, -0.1) is 0 Å². The normalized spacial score (nSPS) is 25.9. The van der Waals surface area contributed by atoms with Gasteiger partial charge in [0.2, 0.25) is 5.91 Å². The highest BCUT2D eigenvalue weighted by Gasteiger charge is 2.43. The molecule has 0 radical (unpaired) electrons. The number of rotatable bonds is 3. The Hall–Kier alpha value is -1.36. The molecule has 1 atom stereocenters. The molecule has 4 nitrogen and oxygen atoms in total. The van der Waals surface area contributed by atoms with Crippen molar-refractivity contribution in [1.29, 1.82) is 0 Å². The molecule has 5 heteroatoms. The van der Waals surface area contributed by atoms with Gasteiger partial charge in [0.05, 0.1) is 16.9 Å². The first-order valence-corrected chi connectivity index (χ1v) is 10.3. The van der Waals surface area contributed by atoms with E-state index in [1.165, 1.54) is 6.42 Å². The largest absolute Gasteiger partial charge is 0.352 e. The second-order valence-electron chi connectivity index (χ2n) is 7.03. The molecule has 1 aromatic carbocycles. The highest BCUT2D eigenvalue weighted by atomic mass is 32.2. The molecule has 0 spiro atoms. The van der Waals surface area contributed by atoms with Crippen molar-refractivity contribution in [2.45, 2.75) is 56.9 Å². The summed E-state index contributed by atoms with van der Waals surface area (Å²) in [5.41, 5.74) is 1.76. The van der Waals surface area contributed by atoms with Crippen LogP contribution < -0.4 is 5.32 Å². The number of amides is 1. The van der Waals surface area contributed by atoms with Gasteiger partial charge in [0.25, 0.3) is 0 Å². The minimum absolute atomic E-state index is 0.0219. The van der Waals surface area contributed by atoms with E-state index in [-0.39, 0.29) is 23.5 Å². The molecule has 126 valence electrons. The molecule has 1 heterocycles. The average Bonchev–Trinajstić information content (AvgIpc) is 2.87. The number of benzene rings is 1. The molecule has 23 heavy (non-hydrogen) atoms. The van der Waals surface area contributed by atoms with Gasteiger partial charge in [-0.3, -0.25) is 4.79 Å². The van der Waals surface area contributed by atoms with Gasteiger partial charge in [-0.25, -0.2) is 8.42 Å². The van der Waals surface area contributed by atoms with E-state index in [9.17, 15) is 13.2 Å². The number of aryl methyl sites for hydroxylation is 1. The fourth-order valence-electron chi connectivity index (χ4n) is 4.12. The Morgan fingerprint density at radius 3 is 2.48 bits per heavy atom. The first kappa shape index (κ1) is 16.5. The average molecular weight is 335 g/mol. The lowest BCUT2D eigenvalue weighted by Gasteiger charge is -2.38. The van der Waals surface area contributed by atoms with Crippen LogP contribution in [0, 0.1) is 6.92 Å². The first-order valence-electron chi connectivity index (χ1n) is 8.50. The van der Waals surface area contributed by atoms with Crippen LogP contribution in [0.25, 0.3) is 0 Å². The van der Waals surface area contributed by atoms with Crippen LogP contribution in [0.3, 0.4) is 0 Å². The van der Waals surface area contributed by atoms with Crippen molar-refractivity contribution in [3.05, 3.63) is 35.4 Å². The molecule has 1 amide bonds. The van der Waals surface area contributed by atoms with Gasteiger partial charge in [-0.1, -0.05) is 43.5 Å². The van der Waals surface area contributed by atoms with Crippen LogP contribution in [0.1, 0.15) is 49.7 Å². The Morgan fingerprint density at radius 1 is 1.17 bits per heavy atom. The number of carbonyl (C=O) groups excluding carboxylic acids is 1. The smallest absolute Gasteiger partial charge is 0.230 e. The quantitative estimate of drug-likeness (QED) is 0.923. The Bertz CT molecular complexity index is 690. The van der Waals surface area contributed by atoms with Gasteiger partial charge in [0, 0.05) is 6.04 Å². The van der Waals surface area contributed by atoms with Gasteiger partial charge >= 0.3 is 0 Å². The Balaban J connectivity index is 1.87. The predicted octanol–water partition coefficient (Wildman–Crippen LogP) is 2.50. The van der Waals surface area contributed by atoms with Gasteiger partial charge in [-0.2, -0.15) is 0 Å². The monoisotopic (exact) mass is 335 g/mol. The summed E-state index contributed by atoms with van der Waals surface area (Å²) in [5.74, 6) is 0.298. The van der Waals surface area contributed by atoms with Crippen LogP contribution in [0.15, 0.2) is 24.3 Å². The number of nitrogens with one attached hydrogen (secondary N) is 1. The molecular formula is C18H25NO3S. The maximum atomic E-state index is 13.1. The van der Waals surface area contributed by atoms with E-state index >= 15 is 0 Å². The minimum atomic E-state index is -2.98. The zero-order valence-electron chi connectivity index (χ0n) is 13.7. The maximum Gasteiger partial charge on any atom is 0.230 e. The van der Waals surface area contributed by atoms with Crippen molar-refractivity contribution in [1.82, 2.24) is 5.32 Å². The molecule has 1 aliphatic heterocycles. The molecule has 1 saturated heterocycles. The molecule has 2 aliphatic rings. The first-order chi connectivity index (χ1) is 10.9. The minimum Gasteiger partial charge on any atom is -0.352 e. The van der Waals surface area contributed by atoms with Gasteiger partial charge < -0.3 is 5.32 Å². The van der Waals surface area contributed by atoms with E-state index in [0.29, 0.717) is 6.42 Å². The van der Waals surface area contributed by atoms with E-state index in [2.05, 4.69) is 24.4 Å². The maximum absolute atomic E-state index is 13.1. The zero-order chi connectivity index (χ0) is 16.5. The van der Waals surface area contributed by atoms with Crippen molar-refractivity contribution in [2.75, 3.05) is 11.5 Å². The molecule has 2 fully saturated rings. The highest BCUT2D eigenvalue weighted by molar-refractivity contribution is 7.91. The molecule has 0 aromatic heterocycles. The van der Waals surface area contributed by atoms with Gasteiger partial charge in [0.15, 0.2) is 9.84 Å². The Kier molecular flexibility index (Phi) is 4.50. The van der Waals surface area contributed by atoms with Gasteiger partial charge in [0.1, 0.15) is 0 Å².